The highest BCUT2D eigenvalue weighted by Gasteiger charge is 2.28. The molecule has 2 aliphatic rings. The molecule has 168 valence electrons. The summed E-state index contributed by atoms with van der Waals surface area (Å²) in [5.74, 6) is 1.81. The Bertz CT molecular complexity index is 806. The first-order valence-corrected chi connectivity index (χ1v) is 11.4. The van der Waals surface area contributed by atoms with Gasteiger partial charge in [-0.15, -0.1) is 0 Å². The zero-order valence-electron chi connectivity index (χ0n) is 18.6. The number of hydrogen-bond donors (Lipinski definition) is 1. The normalized spacial score (nSPS) is 20.6. The second-order valence-corrected chi connectivity index (χ2v) is 8.43. The Morgan fingerprint density at radius 2 is 1.74 bits per heavy atom. The van der Waals surface area contributed by atoms with Crippen LogP contribution in [-0.4, -0.2) is 80.5 Å². The van der Waals surface area contributed by atoms with Crippen molar-refractivity contribution in [1.82, 2.24) is 9.80 Å². The molecule has 1 N–H and O–H groups in total. The minimum Gasteiger partial charge on any atom is -0.497 e. The van der Waals surface area contributed by atoms with Crippen LogP contribution in [0.1, 0.15) is 18.4 Å². The van der Waals surface area contributed by atoms with Crippen LogP contribution < -0.4 is 14.4 Å². The fourth-order valence-corrected chi connectivity index (χ4v) is 4.78. The lowest BCUT2D eigenvalue weighted by atomic mass is 10.0. The molecule has 0 unspecified atom stereocenters. The second kappa shape index (κ2) is 10.8. The van der Waals surface area contributed by atoms with Gasteiger partial charge >= 0.3 is 0 Å². The number of likely N-dealkylation sites (tertiary alicyclic amines) is 1. The number of hydrogen-bond acceptors (Lipinski definition) is 6. The summed E-state index contributed by atoms with van der Waals surface area (Å²) in [4.78, 5) is 7.72. The molecule has 2 heterocycles. The molecule has 31 heavy (non-hydrogen) atoms. The molecule has 0 amide bonds. The SMILES string of the molecule is COc1ccc(N2CCN([C@H]3CCCN(Cc4ccccc4OCCO)C3)CC2)cc1. The molecule has 2 aromatic rings. The molecule has 1 atom stereocenters. The maximum absolute atomic E-state index is 9.08. The minimum atomic E-state index is 0.0443. The van der Waals surface area contributed by atoms with Crippen molar-refractivity contribution in [3.63, 3.8) is 0 Å². The van der Waals surface area contributed by atoms with Gasteiger partial charge in [-0.2, -0.15) is 0 Å². The van der Waals surface area contributed by atoms with Gasteiger partial charge in [0.1, 0.15) is 18.1 Å². The predicted octanol–water partition coefficient (Wildman–Crippen LogP) is 2.85. The first-order valence-electron chi connectivity index (χ1n) is 11.4. The van der Waals surface area contributed by atoms with Crippen molar-refractivity contribution in [2.45, 2.75) is 25.4 Å². The van der Waals surface area contributed by atoms with Gasteiger partial charge in [0.15, 0.2) is 0 Å². The molecule has 6 nitrogen and oxygen atoms in total. The predicted molar refractivity (Wildman–Crippen MR) is 124 cm³/mol. The van der Waals surface area contributed by atoms with Crippen LogP contribution in [0.3, 0.4) is 0 Å². The highest BCUT2D eigenvalue weighted by atomic mass is 16.5. The molecule has 0 spiro atoms. The van der Waals surface area contributed by atoms with Crippen molar-refractivity contribution < 1.29 is 14.6 Å². The van der Waals surface area contributed by atoms with Gasteiger partial charge in [-0.3, -0.25) is 9.80 Å². The Morgan fingerprint density at radius 1 is 0.968 bits per heavy atom. The summed E-state index contributed by atoms with van der Waals surface area (Å²) in [6.45, 7) is 7.90. The van der Waals surface area contributed by atoms with E-state index in [4.69, 9.17) is 14.6 Å². The fraction of sp³-hybridized carbons (Fsp3) is 0.520. The van der Waals surface area contributed by atoms with Gasteiger partial charge in [0.25, 0.3) is 0 Å². The number of piperidine rings is 1. The zero-order valence-corrected chi connectivity index (χ0v) is 18.6. The number of methoxy groups -OCH3 is 1. The second-order valence-electron chi connectivity index (χ2n) is 8.43. The molecule has 2 aliphatic heterocycles. The summed E-state index contributed by atoms with van der Waals surface area (Å²) in [5, 5.41) is 9.08. The number of nitrogens with zero attached hydrogens (tertiary/aromatic N) is 3. The van der Waals surface area contributed by atoms with E-state index in [1.54, 1.807) is 7.11 Å². The van der Waals surface area contributed by atoms with Crippen molar-refractivity contribution in [3.8, 4) is 11.5 Å². The van der Waals surface area contributed by atoms with Crippen LogP contribution in [0, 0.1) is 0 Å². The Balaban J connectivity index is 1.30. The summed E-state index contributed by atoms with van der Waals surface area (Å²) in [5.41, 5.74) is 2.49. The Hall–Kier alpha value is -2.28. The third kappa shape index (κ3) is 5.70. The van der Waals surface area contributed by atoms with Crippen LogP contribution in [0.5, 0.6) is 11.5 Å². The number of ether oxygens (including phenoxy) is 2. The Labute approximate surface area is 186 Å². The third-order valence-corrected chi connectivity index (χ3v) is 6.46. The van der Waals surface area contributed by atoms with Crippen molar-refractivity contribution in [2.24, 2.45) is 0 Å². The lowest BCUT2D eigenvalue weighted by molar-refractivity contribution is 0.0880. The monoisotopic (exact) mass is 425 g/mol. The lowest BCUT2D eigenvalue weighted by Crippen LogP contribution is -2.55. The maximum Gasteiger partial charge on any atom is 0.123 e. The van der Waals surface area contributed by atoms with E-state index in [9.17, 15) is 0 Å². The number of aliphatic hydroxyl groups excluding tert-OH is 1. The van der Waals surface area contributed by atoms with Gasteiger partial charge in [-0.25, -0.2) is 0 Å². The Morgan fingerprint density at radius 3 is 2.48 bits per heavy atom. The number of aliphatic hydroxyl groups is 1. The summed E-state index contributed by atoms with van der Waals surface area (Å²) < 4.78 is 11.0. The molecule has 0 radical (unpaired) electrons. The Kier molecular flexibility index (Phi) is 7.67. The van der Waals surface area contributed by atoms with Crippen LogP contribution >= 0.6 is 0 Å². The molecule has 2 saturated heterocycles. The van der Waals surface area contributed by atoms with Crippen molar-refractivity contribution in [1.29, 1.82) is 0 Å². The van der Waals surface area contributed by atoms with E-state index >= 15 is 0 Å². The first kappa shape index (κ1) is 21.9. The summed E-state index contributed by atoms with van der Waals surface area (Å²) in [7, 11) is 1.71. The quantitative estimate of drug-likeness (QED) is 0.702. The molecule has 6 heteroatoms. The number of benzene rings is 2. The fourth-order valence-electron chi connectivity index (χ4n) is 4.78. The van der Waals surface area contributed by atoms with Gasteiger partial charge in [-0.1, -0.05) is 18.2 Å². The van der Waals surface area contributed by atoms with E-state index in [2.05, 4.69) is 39.0 Å². The molecular weight excluding hydrogens is 390 g/mol. The largest absolute Gasteiger partial charge is 0.497 e. The standard InChI is InChI=1S/C25H35N3O3/c1-30-24-10-8-22(9-11-24)27-13-15-28(16-14-27)23-6-4-12-26(20-23)19-21-5-2-3-7-25(21)31-18-17-29/h2-3,5,7-11,23,29H,4,6,12-20H2,1H3/t23-/m0/s1. The van der Waals surface area contributed by atoms with E-state index in [0.29, 0.717) is 12.6 Å². The number of piperazine rings is 1. The molecule has 0 aliphatic carbocycles. The molecule has 2 aromatic carbocycles. The number of anilines is 1. The zero-order chi connectivity index (χ0) is 21.5. The highest BCUT2D eigenvalue weighted by molar-refractivity contribution is 5.49. The van der Waals surface area contributed by atoms with E-state index in [1.807, 2.05) is 24.3 Å². The number of para-hydroxylation sites is 1. The average molecular weight is 426 g/mol. The highest BCUT2D eigenvalue weighted by Crippen LogP contribution is 2.25. The molecular formula is C25H35N3O3. The lowest BCUT2D eigenvalue weighted by Gasteiger charge is -2.44. The van der Waals surface area contributed by atoms with Gasteiger partial charge in [0.2, 0.25) is 0 Å². The van der Waals surface area contributed by atoms with Crippen LogP contribution in [0.2, 0.25) is 0 Å². The molecule has 0 bridgehead atoms. The molecule has 4 rings (SSSR count). The van der Waals surface area contributed by atoms with Crippen molar-refractivity contribution >= 4 is 5.69 Å². The van der Waals surface area contributed by atoms with E-state index in [0.717, 1.165) is 57.3 Å². The smallest absolute Gasteiger partial charge is 0.123 e. The first-order chi connectivity index (χ1) is 15.3. The summed E-state index contributed by atoms with van der Waals surface area (Å²) in [6.07, 6.45) is 2.52. The van der Waals surface area contributed by atoms with Crippen LogP contribution in [-0.2, 0) is 6.54 Å². The summed E-state index contributed by atoms with van der Waals surface area (Å²) >= 11 is 0. The van der Waals surface area contributed by atoms with E-state index in [-0.39, 0.29) is 6.61 Å². The number of rotatable bonds is 8. The van der Waals surface area contributed by atoms with E-state index in [1.165, 1.54) is 24.1 Å². The van der Waals surface area contributed by atoms with Gasteiger partial charge in [0.05, 0.1) is 13.7 Å². The van der Waals surface area contributed by atoms with E-state index < -0.39 is 0 Å². The van der Waals surface area contributed by atoms with Gasteiger partial charge < -0.3 is 19.5 Å². The minimum absolute atomic E-state index is 0.0443. The topological polar surface area (TPSA) is 48.4 Å². The van der Waals surface area contributed by atoms with Gasteiger partial charge in [-0.05, 0) is 49.7 Å². The van der Waals surface area contributed by atoms with Crippen LogP contribution in [0.25, 0.3) is 0 Å². The molecule has 2 fully saturated rings. The molecule has 0 aromatic heterocycles. The third-order valence-electron chi connectivity index (χ3n) is 6.46. The molecule has 0 saturated carbocycles. The van der Waals surface area contributed by atoms with Crippen LogP contribution in [0.4, 0.5) is 5.69 Å². The van der Waals surface area contributed by atoms with Crippen molar-refractivity contribution in [3.05, 3.63) is 54.1 Å². The average Bonchev–Trinajstić information content (AvgIpc) is 2.84. The maximum atomic E-state index is 9.08. The van der Waals surface area contributed by atoms with Gasteiger partial charge in [0, 0.05) is 56.6 Å². The van der Waals surface area contributed by atoms with Crippen LogP contribution in [0.15, 0.2) is 48.5 Å². The summed E-state index contributed by atoms with van der Waals surface area (Å²) in [6, 6.07) is 17.2. The van der Waals surface area contributed by atoms with Crippen molar-refractivity contribution in [2.75, 3.05) is 64.5 Å².